The van der Waals surface area contributed by atoms with Crippen molar-refractivity contribution in [1.29, 1.82) is 0 Å². The van der Waals surface area contributed by atoms with E-state index in [9.17, 15) is 0 Å². The van der Waals surface area contributed by atoms with E-state index < -0.39 is 5.41 Å². The highest BCUT2D eigenvalue weighted by Crippen LogP contribution is 2.58. The minimum atomic E-state index is -0.554. The zero-order valence-corrected chi connectivity index (χ0v) is 29.8. The van der Waals surface area contributed by atoms with Gasteiger partial charge in [-0.05, 0) is 67.4 Å². The third-order valence-electron chi connectivity index (χ3n) is 10.8. The molecular weight excluding hydrogens is 669 g/mol. The van der Waals surface area contributed by atoms with E-state index in [1.165, 1.54) is 27.6 Å². The van der Waals surface area contributed by atoms with E-state index in [0.29, 0.717) is 23.2 Å². The van der Waals surface area contributed by atoms with Crippen LogP contribution in [0.25, 0.3) is 72.0 Å². The van der Waals surface area contributed by atoms with Crippen molar-refractivity contribution in [2.45, 2.75) is 5.41 Å². The van der Waals surface area contributed by atoms with Crippen LogP contribution in [0.4, 0.5) is 5.69 Å². The molecule has 0 saturated carbocycles. The van der Waals surface area contributed by atoms with Crippen molar-refractivity contribution >= 4 is 16.5 Å². The predicted octanol–water partition coefficient (Wildman–Crippen LogP) is 12.6. The molecule has 1 aliphatic rings. The highest BCUT2D eigenvalue weighted by Gasteiger charge is 2.46. The van der Waals surface area contributed by atoms with Gasteiger partial charge in [-0.1, -0.05) is 182 Å². The highest BCUT2D eigenvalue weighted by molar-refractivity contribution is 5.96. The van der Waals surface area contributed by atoms with Gasteiger partial charge in [-0.25, -0.2) is 19.8 Å². The molecule has 10 rings (SSSR count). The zero-order valence-electron chi connectivity index (χ0n) is 29.8. The molecule has 55 heavy (non-hydrogen) atoms. The Kier molecular flexibility index (Phi) is 7.71. The van der Waals surface area contributed by atoms with Crippen LogP contribution in [0.15, 0.2) is 194 Å². The van der Waals surface area contributed by atoms with Crippen LogP contribution in [0.5, 0.6) is 0 Å². The van der Waals surface area contributed by atoms with Crippen LogP contribution >= 0.6 is 0 Å². The van der Waals surface area contributed by atoms with Gasteiger partial charge in [0.25, 0.3) is 0 Å². The van der Waals surface area contributed by atoms with Gasteiger partial charge in [0.1, 0.15) is 0 Å². The van der Waals surface area contributed by atoms with Gasteiger partial charge in [-0.2, -0.15) is 0 Å². The molecule has 0 fully saturated rings. The third-order valence-corrected chi connectivity index (χ3v) is 10.8. The molecule has 4 heteroatoms. The second kappa shape index (κ2) is 13.2. The smallest absolute Gasteiger partial charge is 0.187 e. The van der Waals surface area contributed by atoms with Crippen molar-refractivity contribution in [2.75, 3.05) is 0 Å². The molecule has 0 N–H and O–H groups in total. The molecule has 4 nitrogen and oxygen atoms in total. The summed E-state index contributed by atoms with van der Waals surface area (Å²) in [6.45, 7) is 7.92. The maximum absolute atomic E-state index is 7.92. The van der Waals surface area contributed by atoms with Crippen molar-refractivity contribution in [3.8, 4) is 56.4 Å². The summed E-state index contributed by atoms with van der Waals surface area (Å²) in [5, 5.41) is 2.31. The predicted molar refractivity (Wildman–Crippen MR) is 223 cm³/mol. The van der Waals surface area contributed by atoms with Gasteiger partial charge in [-0.3, -0.25) is 0 Å². The number of hydrogen-bond donors (Lipinski definition) is 0. The van der Waals surface area contributed by atoms with Crippen LogP contribution in [-0.2, 0) is 5.41 Å². The Labute approximate surface area is 319 Å². The fourth-order valence-corrected chi connectivity index (χ4v) is 8.32. The molecule has 0 spiro atoms. The van der Waals surface area contributed by atoms with E-state index in [1.54, 1.807) is 0 Å². The molecule has 1 heterocycles. The molecule has 1 aromatic heterocycles. The molecule has 0 radical (unpaired) electrons. The minimum Gasteiger partial charge on any atom is -0.238 e. The second-order valence-corrected chi connectivity index (χ2v) is 13.9. The van der Waals surface area contributed by atoms with E-state index in [-0.39, 0.29) is 0 Å². The number of hydrogen-bond acceptors (Lipinski definition) is 3. The van der Waals surface area contributed by atoms with Crippen molar-refractivity contribution in [3.05, 3.63) is 228 Å². The Morgan fingerprint density at radius 3 is 1.58 bits per heavy atom. The first-order valence-electron chi connectivity index (χ1n) is 18.4. The van der Waals surface area contributed by atoms with Gasteiger partial charge in [0.2, 0.25) is 0 Å². The maximum Gasteiger partial charge on any atom is 0.187 e. The zero-order chi connectivity index (χ0) is 36.8. The summed E-state index contributed by atoms with van der Waals surface area (Å²) in [7, 11) is 0. The summed E-state index contributed by atoms with van der Waals surface area (Å²) in [5.41, 5.74) is 12.0. The Morgan fingerprint density at radius 2 is 0.927 bits per heavy atom. The van der Waals surface area contributed by atoms with Crippen LogP contribution < -0.4 is 0 Å². The molecule has 256 valence electrons. The van der Waals surface area contributed by atoms with Gasteiger partial charge in [0, 0.05) is 16.7 Å². The quantitative estimate of drug-likeness (QED) is 0.162. The fourth-order valence-electron chi connectivity index (χ4n) is 8.32. The first-order chi connectivity index (χ1) is 27.2. The molecule has 0 unspecified atom stereocenters. The van der Waals surface area contributed by atoms with Crippen LogP contribution in [-0.4, -0.2) is 15.0 Å². The third kappa shape index (κ3) is 5.33. The summed E-state index contributed by atoms with van der Waals surface area (Å²) >= 11 is 0. The maximum atomic E-state index is 7.92. The molecule has 0 bridgehead atoms. The van der Waals surface area contributed by atoms with Crippen molar-refractivity contribution < 1.29 is 0 Å². The highest BCUT2D eigenvalue weighted by atomic mass is 15.0. The lowest BCUT2D eigenvalue weighted by Gasteiger charge is -2.34. The van der Waals surface area contributed by atoms with E-state index in [4.69, 9.17) is 21.5 Å². The molecule has 9 aromatic rings. The van der Waals surface area contributed by atoms with Gasteiger partial charge >= 0.3 is 0 Å². The van der Waals surface area contributed by atoms with Gasteiger partial charge in [-0.15, -0.1) is 0 Å². The minimum absolute atomic E-state index is 0.554. The molecular formula is C51H32N4. The number of fused-ring (bicyclic) bond motifs is 4. The molecule has 8 aromatic carbocycles. The van der Waals surface area contributed by atoms with Gasteiger partial charge < -0.3 is 0 Å². The normalized spacial score (nSPS) is 12.5. The Hall–Kier alpha value is -7.48. The Morgan fingerprint density at radius 1 is 0.382 bits per heavy atom. The lowest BCUT2D eigenvalue weighted by molar-refractivity contribution is 0.769. The summed E-state index contributed by atoms with van der Waals surface area (Å²) in [5.74, 6) is 1.87. The van der Waals surface area contributed by atoms with Crippen molar-refractivity contribution in [3.63, 3.8) is 0 Å². The van der Waals surface area contributed by atoms with E-state index in [0.717, 1.165) is 44.3 Å². The Balaban J connectivity index is 1.13. The standard InChI is InChI=1S/C51H32N4/c1-52-42-30-31-45-44(33-42)47-43(22-13-23-46(47)51(45,40-18-7-3-8-19-40)41-20-9-4-10-21-41)35-25-27-37(28-26-35)49-53-48(36-15-5-2-6-16-36)54-50(55-49)39-29-24-34-14-11-12-17-38(34)32-39/h2-33H. The van der Waals surface area contributed by atoms with Crippen LogP contribution in [0.3, 0.4) is 0 Å². The summed E-state index contributed by atoms with van der Waals surface area (Å²) in [6, 6.07) is 67.6. The molecule has 0 amide bonds. The van der Waals surface area contributed by atoms with E-state index in [2.05, 4.69) is 163 Å². The van der Waals surface area contributed by atoms with E-state index in [1.807, 2.05) is 36.4 Å². The summed E-state index contributed by atoms with van der Waals surface area (Å²) in [4.78, 5) is 18.9. The molecule has 1 aliphatic carbocycles. The Bertz CT molecular complexity index is 2870. The number of benzene rings is 8. The first-order valence-corrected chi connectivity index (χ1v) is 18.4. The van der Waals surface area contributed by atoms with Crippen molar-refractivity contribution in [1.82, 2.24) is 15.0 Å². The fraction of sp³-hybridized carbons (Fsp3) is 0.0196. The lowest BCUT2D eigenvalue weighted by Crippen LogP contribution is -2.28. The first kappa shape index (κ1) is 32.2. The van der Waals surface area contributed by atoms with E-state index >= 15 is 0 Å². The summed E-state index contributed by atoms with van der Waals surface area (Å²) < 4.78 is 0. The molecule has 0 aliphatic heterocycles. The van der Waals surface area contributed by atoms with Crippen molar-refractivity contribution in [2.24, 2.45) is 0 Å². The largest absolute Gasteiger partial charge is 0.238 e. The second-order valence-electron chi connectivity index (χ2n) is 13.9. The van der Waals surface area contributed by atoms with Crippen LogP contribution in [0.2, 0.25) is 0 Å². The lowest BCUT2D eigenvalue weighted by atomic mass is 9.67. The average molecular weight is 701 g/mol. The van der Waals surface area contributed by atoms with Crippen LogP contribution in [0.1, 0.15) is 22.3 Å². The van der Waals surface area contributed by atoms with Gasteiger partial charge in [0.05, 0.1) is 12.0 Å². The monoisotopic (exact) mass is 700 g/mol. The number of rotatable bonds is 6. The molecule has 0 saturated heterocycles. The number of aromatic nitrogens is 3. The summed E-state index contributed by atoms with van der Waals surface area (Å²) in [6.07, 6.45) is 0. The topological polar surface area (TPSA) is 43.0 Å². The average Bonchev–Trinajstić information content (AvgIpc) is 3.57. The van der Waals surface area contributed by atoms with Crippen LogP contribution in [0, 0.1) is 6.57 Å². The SMILES string of the molecule is [C-]#[N+]c1ccc2c(c1)-c1c(-c3ccc(-c4nc(-c5ccccc5)nc(-c5ccc6ccccc6c5)n4)cc3)cccc1C2(c1ccccc1)c1ccccc1. The number of nitrogens with zero attached hydrogens (tertiary/aromatic N) is 4. The van der Waals surface area contributed by atoms with Gasteiger partial charge in [0.15, 0.2) is 23.2 Å². The molecule has 0 atom stereocenters.